The fourth-order valence-electron chi connectivity index (χ4n) is 2.00. The van der Waals surface area contributed by atoms with Crippen molar-refractivity contribution in [1.29, 1.82) is 0 Å². The molecule has 94 valence electrons. The van der Waals surface area contributed by atoms with Crippen molar-refractivity contribution in [1.82, 2.24) is 5.32 Å². The summed E-state index contributed by atoms with van der Waals surface area (Å²) in [6.45, 7) is 1.13. The van der Waals surface area contributed by atoms with E-state index in [2.05, 4.69) is 51.8 Å². The Hall–Kier alpha value is 0.01000. The second-order valence-corrected chi connectivity index (χ2v) is 6.62. The summed E-state index contributed by atoms with van der Waals surface area (Å²) in [5.74, 6) is 1.89. The van der Waals surface area contributed by atoms with Crippen molar-refractivity contribution in [2.24, 2.45) is 0 Å². The monoisotopic (exact) mass is 313 g/mol. The van der Waals surface area contributed by atoms with E-state index in [9.17, 15) is 0 Å². The van der Waals surface area contributed by atoms with Crippen LogP contribution in [0.5, 0.6) is 0 Å². The molecule has 1 nitrogen and oxygen atoms in total. The van der Waals surface area contributed by atoms with Crippen molar-refractivity contribution < 1.29 is 0 Å². The van der Waals surface area contributed by atoms with Crippen LogP contribution >= 0.6 is 27.7 Å². The summed E-state index contributed by atoms with van der Waals surface area (Å²) < 4.78 is 1.19. The predicted molar refractivity (Wildman–Crippen MR) is 80.9 cm³/mol. The van der Waals surface area contributed by atoms with Gasteiger partial charge in [0, 0.05) is 17.1 Å². The van der Waals surface area contributed by atoms with Crippen molar-refractivity contribution in [2.75, 3.05) is 18.6 Å². The Morgan fingerprint density at radius 3 is 2.94 bits per heavy atom. The molecule has 0 bridgehead atoms. The van der Waals surface area contributed by atoms with E-state index in [1.165, 1.54) is 35.1 Å². The van der Waals surface area contributed by atoms with Gasteiger partial charge in [-0.1, -0.05) is 28.1 Å². The van der Waals surface area contributed by atoms with Gasteiger partial charge in [0.1, 0.15) is 0 Å². The average molecular weight is 314 g/mol. The third-order valence-electron chi connectivity index (χ3n) is 3.22. The normalized spacial score (nSPS) is 17.1. The van der Waals surface area contributed by atoms with Crippen molar-refractivity contribution in [2.45, 2.75) is 31.2 Å². The molecule has 0 aromatic heterocycles. The van der Waals surface area contributed by atoms with Crippen LogP contribution in [0.15, 0.2) is 28.7 Å². The fraction of sp³-hybridized carbons (Fsp3) is 0.571. The molecule has 1 aliphatic rings. The Bertz CT molecular complexity index is 352. The van der Waals surface area contributed by atoms with Crippen molar-refractivity contribution in [3.63, 3.8) is 0 Å². The second-order valence-electron chi connectivity index (χ2n) is 4.72. The van der Waals surface area contributed by atoms with Crippen LogP contribution in [0.25, 0.3) is 0 Å². The zero-order valence-electron chi connectivity index (χ0n) is 10.3. The molecular weight excluding hydrogens is 294 g/mol. The molecule has 1 aromatic carbocycles. The van der Waals surface area contributed by atoms with E-state index in [-0.39, 0.29) is 0 Å². The first kappa shape index (κ1) is 13.4. The second kappa shape index (κ2) is 6.81. The van der Waals surface area contributed by atoms with Crippen molar-refractivity contribution in [3.05, 3.63) is 34.3 Å². The summed E-state index contributed by atoms with van der Waals surface area (Å²) in [5.41, 5.74) is 1.46. The molecule has 1 fully saturated rings. The maximum atomic E-state index is 3.66. The van der Waals surface area contributed by atoms with E-state index in [4.69, 9.17) is 0 Å². The van der Waals surface area contributed by atoms with Gasteiger partial charge in [0.05, 0.1) is 0 Å². The summed E-state index contributed by atoms with van der Waals surface area (Å²) in [7, 11) is 0. The largest absolute Gasteiger partial charge is 0.313 e. The third kappa shape index (κ3) is 4.65. The first-order valence-electron chi connectivity index (χ1n) is 6.27. The molecule has 2 rings (SSSR count). The van der Waals surface area contributed by atoms with Gasteiger partial charge in [-0.3, -0.25) is 0 Å². The lowest BCUT2D eigenvalue weighted by Gasteiger charge is -2.18. The van der Waals surface area contributed by atoms with Crippen LogP contribution in [0.4, 0.5) is 0 Å². The van der Waals surface area contributed by atoms with E-state index >= 15 is 0 Å². The SMILES string of the molecule is CSCCC(CNC1CC1)c1cccc(Br)c1. The Morgan fingerprint density at radius 1 is 1.47 bits per heavy atom. The lowest BCUT2D eigenvalue weighted by Crippen LogP contribution is -2.24. The van der Waals surface area contributed by atoms with Gasteiger partial charge in [0.15, 0.2) is 0 Å². The fourth-order valence-corrected chi connectivity index (χ4v) is 2.94. The Labute approximate surface area is 117 Å². The van der Waals surface area contributed by atoms with Crippen LogP contribution in [0.1, 0.15) is 30.7 Å². The van der Waals surface area contributed by atoms with Gasteiger partial charge >= 0.3 is 0 Å². The van der Waals surface area contributed by atoms with Crippen LogP contribution < -0.4 is 5.32 Å². The van der Waals surface area contributed by atoms with E-state index in [0.717, 1.165) is 12.6 Å². The molecule has 0 amide bonds. The highest BCUT2D eigenvalue weighted by Gasteiger charge is 2.22. The van der Waals surface area contributed by atoms with E-state index in [1.807, 2.05) is 11.8 Å². The van der Waals surface area contributed by atoms with Crippen LogP contribution in [0.2, 0.25) is 0 Å². The van der Waals surface area contributed by atoms with E-state index in [0.29, 0.717) is 5.92 Å². The molecule has 1 N–H and O–H groups in total. The quantitative estimate of drug-likeness (QED) is 0.815. The van der Waals surface area contributed by atoms with Gasteiger partial charge in [-0.25, -0.2) is 0 Å². The van der Waals surface area contributed by atoms with Gasteiger partial charge in [-0.2, -0.15) is 11.8 Å². The van der Waals surface area contributed by atoms with Gasteiger partial charge in [-0.05, 0) is 54.9 Å². The minimum Gasteiger partial charge on any atom is -0.313 e. The number of rotatable bonds is 7. The summed E-state index contributed by atoms with van der Waals surface area (Å²) in [6.07, 6.45) is 6.19. The van der Waals surface area contributed by atoms with Crippen molar-refractivity contribution >= 4 is 27.7 Å². The number of thioether (sulfide) groups is 1. The van der Waals surface area contributed by atoms with Gasteiger partial charge in [-0.15, -0.1) is 0 Å². The summed E-state index contributed by atoms with van der Waals surface area (Å²) >= 11 is 5.50. The summed E-state index contributed by atoms with van der Waals surface area (Å²) in [4.78, 5) is 0. The molecular formula is C14H20BrNS. The number of nitrogens with one attached hydrogen (secondary N) is 1. The molecule has 0 aliphatic heterocycles. The minimum absolute atomic E-state index is 0.653. The number of benzene rings is 1. The average Bonchev–Trinajstić information content (AvgIpc) is 3.13. The zero-order chi connectivity index (χ0) is 12.1. The molecule has 1 saturated carbocycles. The van der Waals surface area contributed by atoms with E-state index in [1.54, 1.807) is 0 Å². The zero-order valence-corrected chi connectivity index (χ0v) is 12.7. The topological polar surface area (TPSA) is 12.0 Å². The summed E-state index contributed by atoms with van der Waals surface area (Å²) in [5, 5.41) is 3.66. The standard InChI is InChI=1S/C14H20BrNS/c1-17-8-7-12(10-16-14-5-6-14)11-3-2-4-13(15)9-11/h2-4,9,12,14,16H,5-8,10H2,1H3. The Morgan fingerprint density at radius 2 is 2.29 bits per heavy atom. The Kier molecular flexibility index (Phi) is 5.39. The molecule has 17 heavy (non-hydrogen) atoms. The van der Waals surface area contributed by atoms with Crippen LogP contribution in [0.3, 0.4) is 0 Å². The van der Waals surface area contributed by atoms with Crippen LogP contribution in [-0.2, 0) is 0 Å². The molecule has 1 aromatic rings. The highest BCUT2D eigenvalue weighted by molar-refractivity contribution is 9.10. The number of hydrogen-bond donors (Lipinski definition) is 1. The molecule has 1 aliphatic carbocycles. The highest BCUT2D eigenvalue weighted by Crippen LogP contribution is 2.26. The maximum absolute atomic E-state index is 3.66. The summed E-state index contributed by atoms with van der Waals surface area (Å²) in [6, 6.07) is 9.56. The molecule has 3 heteroatoms. The molecule has 0 radical (unpaired) electrons. The first-order valence-corrected chi connectivity index (χ1v) is 8.46. The predicted octanol–water partition coefficient (Wildman–Crippen LogP) is 4.04. The molecule has 0 saturated heterocycles. The lowest BCUT2D eigenvalue weighted by atomic mass is 9.96. The van der Waals surface area contributed by atoms with Gasteiger partial charge in [0.2, 0.25) is 0 Å². The molecule has 1 unspecified atom stereocenters. The van der Waals surface area contributed by atoms with Crippen molar-refractivity contribution in [3.8, 4) is 0 Å². The number of hydrogen-bond acceptors (Lipinski definition) is 2. The lowest BCUT2D eigenvalue weighted by molar-refractivity contribution is 0.570. The molecule has 1 atom stereocenters. The van der Waals surface area contributed by atoms with E-state index < -0.39 is 0 Å². The van der Waals surface area contributed by atoms with Crippen LogP contribution in [-0.4, -0.2) is 24.6 Å². The smallest absolute Gasteiger partial charge is 0.0178 e. The van der Waals surface area contributed by atoms with Gasteiger partial charge < -0.3 is 5.32 Å². The molecule has 0 heterocycles. The molecule has 0 spiro atoms. The maximum Gasteiger partial charge on any atom is 0.0178 e. The third-order valence-corrected chi connectivity index (χ3v) is 4.36. The van der Waals surface area contributed by atoms with Gasteiger partial charge in [0.25, 0.3) is 0 Å². The Balaban J connectivity index is 1.96. The minimum atomic E-state index is 0.653. The highest BCUT2D eigenvalue weighted by atomic mass is 79.9. The van der Waals surface area contributed by atoms with Crippen LogP contribution in [0, 0.1) is 0 Å². The first-order chi connectivity index (χ1) is 8.29. The number of halogens is 1.